The van der Waals surface area contributed by atoms with Gasteiger partial charge in [-0.15, -0.1) is 0 Å². The number of rotatable bonds is 14. The van der Waals surface area contributed by atoms with Crippen LogP contribution in [0.1, 0.15) is 84.5 Å². The van der Waals surface area contributed by atoms with Gasteiger partial charge in [-0.2, -0.15) is 0 Å². The van der Waals surface area contributed by atoms with Crippen LogP contribution in [-0.4, -0.2) is 24.9 Å². The number of nitrogens with one attached hydrogen (secondary N) is 2. The molecule has 21 heavy (non-hydrogen) atoms. The SMILES string of the molecule is CCCCCCCCNC(=O)CCCCC(=O)NCCC. The molecule has 4 heteroatoms. The van der Waals surface area contributed by atoms with Crippen molar-refractivity contribution in [3.8, 4) is 0 Å². The molecule has 0 aromatic rings. The predicted molar refractivity (Wildman–Crippen MR) is 88.2 cm³/mol. The van der Waals surface area contributed by atoms with Crippen molar-refractivity contribution in [3.05, 3.63) is 0 Å². The minimum absolute atomic E-state index is 0.101. The zero-order valence-corrected chi connectivity index (χ0v) is 14.0. The number of hydrogen-bond acceptors (Lipinski definition) is 2. The van der Waals surface area contributed by atoms with Crippen LogP contribution in [0.3, 0.4) is 0 Å². The van der Waals surface area contributed by atoms with Crippen molar-refractivity contribution in [2.45, 2.75) is 84.5 Å². The Bertz CT molecular complexity index is 268. The third-order valence-corrected chi connectivity index (χ3v) is 3.48. The van der Waals surface area contributed by atoms with Crippen molar-refractivity contribution in [2.24, 2.45) is 0 Å². The Kier molecular flexibility index (Phi) is 14.6. The fraction of sp³-hybridized carbons (Fsp3) is 0.882. The molecule has 0 heterocycles. The zero-order valence-electron chi connectivity index (χ0n) is 14.0. The molecular formula is C17H34N2O2. The van der Waals surface area contributed by atoms with Gasteiger partial charge in [0.2, 0.25) is 11.8 Å². The van der Waals surface area contributed by atoms with Crippen LogP contribution >= 0.6 is 0 Å². The molecule has 0 saturated heterocycles. The molecule has 2 N–H and O–H groups in total. The maximum Gasteiger partial charge on any atom is 0.219 e. The van der Waals surface area contributed by atoms with Crippen LogP contribution in [0.2, 0.25) is 0 Å². The van der Waals surface area contributed by atoms with Crippen molar-refractivity contribution in [2.75, 3.05) is 13.1 Å². The summed E-state index contributed by atoms with van der Waals surface area (Å²) in [4.78, 5) is 22.9. The molecular weight excluding hydrogens is 264 g/mol. The van der Waals surface area contributed by atoms with Crippen molar-refractivity contribution < 1.29 is 9.59 Å². The van der Waals surface area contributed by atoms with Gasteiger partial charge in [-0.3, -0.25) is 9.59 Å². The minimum atomic E-state index is 0.101. The van der Waals surface area contributed by atoms with Crippen molar-refractivity contribution >= 4 is 11.8 Å². The lowest BCUT2D eigenvalue weighted by Gasteiger charge is -2.06. The van der Waals surface area contributed by atoms with E-state index in [0.717, 1.165) is 38.8 Å². The Morgan fingerprint density at radius 1 is 0.619 bits per heavy atom. The Hall–Kier alpha value is -1.06. The number of unbranched alkanes of at least 4 members (excludes halogenated alkanes) is 6. The molecule has 0 aliphatic rings. The number of amides is 2. The van der Waals surface area contributed by atoms with Gasteiger partial charge < -0.3 is 10.6 Å². The van der Waals surface area contributed by atoms with Crippen LogP contribution in [0, 0.1) is 0 Å². The van der Waals surface area contributed by atoms with E-state index >= 15 is 0 Å². The van der Waals surface area contributed by atoms with Crippen LogP contribution in [0.4, 0.5) is 0 Å². The highest BCUT2D eigenvalue weighted by atomic mass is 16.2. The van der Waals surface area contributed by atoms with Gasteiger partial charge in [0, 0.05) is 25.9 Å². The highest BCUT2D eigenvalue weighted by molar-refractivity contribution is 5.77. The molecule has 0 fully saturated rings. The number of hydrogen-bond donors (Lipinski definition) is 2. The van der Waals surface area contributed by atoms with Crippen LogP contribution in [0.15, 0.2) is 0 Å². The topological polar surface area (TPSA) is 58.2 Å². The van der Waals surface area contributed by atoms with E-state index in [1.807, 2.05) is 6.92 Å². The van der Waals surface area contributed by atoms with Gasteiger partial charge in [0.1, 0.15) is 0 Å². The molecule has 0 atom stereocenters. The highest BCUT2D eigenvalue weighted by Crippen LogP contribution is 2.04. The molecule has 0 bridgehead atoms. The largest absolute Gasteiger partial charge is 0.356 e. The fourth-order valence-corrected chi connectivity index (χ4v) is 2.15. The van der Waals surface area contributed by atoms with Crippen molar-refractivity contribution in [1.82, 2.24) is 10.6 Å². The molecule has 0 aliphatic heterocycles. The van der Waals surface area contributed by atoms with E-state index in [0.29, 0.717) is 12.8 Å². The lowest BCUT2D eigenvalue weighted by molar-refractivity contribution is -0.123. The average molecular weight is 298 g/mol. The van der Waals surface area contributed by atoms with E-state index in [2.05, 4.69) is 17.6 Å². The number of carbonyl (C=O) groups excluding carboxylic acids is 2. The quantitative estimate of drug-likeness (QED) is 0.482. The second-order valence-corrected chi connectivity index (χ2v) is 5.67. The molecule has 0 saturated carbocycles. The maximum atomic E-state index is 11.6. The summed E-state index contributed by atoms with van der Waals surface area (Å²) in [5.74, 6) is 0.224. The molecule has 4 nitrogen and oxygen atoms in total. The number of carbonyl (C=O) groups is 2. The Balaban J connectivity index is 3.29. The third kappa shape index (κ3) is 15.2. The molecule has 0 rings (SSSR count). The Labute approximate surface area is 130 Å². The molecule has 0 unspecified atom stereocenters. The summed E-state index contributed by atoms with van der Waals surface area (Å²) in [6.07, 6.45) is 11.1. The standard InChI is InChI=1S/C17H34N2O2/c1-3-5-6-7-8-11-15-19-17(21)13-10-9-12-16(20)18-14-4-2/h3-15H2,1-2H3,(H,18,20)(H,19,21). The summed E-state index contributed by atoms with van der Waals surface area (Å²) >= 11 is 0. The molecule has 0 aromatic carbocycles. The van der Waals surface area contributed by atoms with Crippen LogP contribution in [-0.2, 0) is 9.59 Å². The monoisotopic (exact) mass is 298 g/mol. The first-order valence-electron chi connectivity index (χ1n) is 8.74. The fourth-order valence-electron chi connectivity index (χ4n) is 2.15. The molecule has 0 radical (unpaired) electrons. The lowest BCUT2D eigenvalue weighted by Crippen LogP contribution is -2.25. The first-order chi connectivity index (χ1) is 10.2. The van der Waals surface area contributed by atoms with E-state index in [9.17, 15) is 9.59 Å². The molecule has 0 spiro atoms. The summed E-state index contributed by atoms with van der Waals surface area (Å²) in [5.41, 5.74) is 0. The third-order valence-electron chi connectivity index (χ3n) is 3.48. The van der Waals surface area contributed by atoms with Gasteiger partial charge >= 0.3 is 0 Å². The molecule has 0 aromatic heterocycles. The van der Waals surface area contributed by atoms with Crippen LogP contribution in [0.5, 0.6) is 0 Å². The first-order valence-corrected chi connectivity index (χ1v) is 8.74. The summed E-state index contributed by atoms with van der Waals surface area (Å²) in [6, 6.07) is 0. The highest BCUT2D eigenvalue weighted by Gasteiger charge is 2.03. The second-order valence-electron chi connectivity index (χ2n) is 5.67. The van der Waals surface area contributed by atoms with Gasteiger partial charge in [-0.1, -0.05) is 46.0 Å². The normalized spacial score (nSPS) is 10.4. The minimum Gasteiger partial charge on any atom is -0.356 e. The zero-order chi connectivity index (χ0) is 15.8. The molecule has 0 aliphatic carbocycles. The van der Waals surface area contributed by atoms with E-state index < -0.39 is 0 Å². The van der Waals surface area contributed by atoms with Crippen molar-refractivity contribution in [3.63, 3.8) is 0 Å². The first kappa shape index (κ1) is 19.9. The molecule has 2 amide bonds. The van der Waals surface area contributed by atoms with E-state index in [4.69, 9.17) is 0 Å². The lowest BCUT2D eigenvalue weighted by atomic mass is 10.1. The van der Waals surface area contributed by atoms with Gasteiger partial charge in [-0.05, 0) is 25.7 Å². The van der Waals surface area contributed by atoms with Gasteiger partial charge in [-0.25, -0.2) is 0 Å². The molecule has 124 valence electrons. The van der Waals surface area contributed by atoms with Gasteiger partial charge in [0.25, 0.3) is 0 Å². The van der Waals surface area contributed by atoms with Crippen LogP contribution in [0.25, 0.3) is 0 Å². The maximum absolute atomic E-state index is 11.6. The van der Waals surface area contributed by atoms with Crippen LogP contribution < -0.4 is 10.6 Å². The average Bonchev–Trinajstić information content (AvgIpc) is 2.48. The smallest absolute Gasteiger partial charge is 0.219 e. The summed E-state index contributed by atoms with van der Waals surface area (Å²) in [6.45, 7) is 5.79. The summed E-state index contributed by atoms with van der Waals surface area (Å²) in [7, 11) is 0. The van der Waals surface area contributed by atoms with E-state index in [-0.39, 0.29) is 11.8 Å². The van der Waals surface area contributed by atoms with E-state index in [1.54, 1.807) is 0 Å². The summed E-state index contributed by atoms with van der Waals surface area (Å²) in [5, 5.41) is 5.80. The van der Waals surface area contributed by atoms with Gasteiger partial charge in [0.15, 0.2) is 0 Å². The second kappa shape index (κ2) is 15.3. The van der Waals surface area contributed by atoms with Gasteiger partial charge in [0.05, 0.1) is 0 Å². The summed E-state index contributed by atoms with van der Waals surface area (Å²) < 4.78 is 0. The van der Waals surface area contributed by atoms with E-state index in [1.165, 1.54) is 32.1 Å². The van der Waals surface area contributed by atoms with Crippen molar-refractivity contribution in [1.29, 1.82) is 0 Å². The predicted octanol–water partition coefficient (Wildman–Crippen LogP) is 3.55. The Morgan fingerprint density at radius 3 is 1.71 bits per heavy atom. The Morgan fingerprint density at radius 2 is 1.14 bits per heavy atom.